The number of rotatable bonds is 4. The topological polar surface area (TPSA) is 72.9 Å². The summed E-state index contributed by atoms with van der Waals surface area (Å²) in [4.78, 5) is 11.4. The highest BCUT2D eigenvalue weighted by Gasteiger charge is 2.12. The quantitative estimate of drug-likeness (QED) is 0.736. The van der Waals surface area contributed by atoms with Gasteiger partial charge in [0, 0.05) is 19.3 Å². The highest BCUT2D eigenvalue weighted by molar-refractivity contribution is 5.93. The molecule has 0 aromatic carbocycles. The second-order valence-electron chi connectivity index (χ2n) is 3.26. The van der Waals surface area contributed by atoms with Crippen LogP contribution in [0.2, 0.25) is 0 Å². The van der Waals surface area contributed by atoms with Crippen LogP contribution in [-0.4, -0.2) is 21.7 Å². The van der Waals surface area contributed by atoms with E-state index in [4.69, 9.17) is 5.73 Å². The van der Waals surface area contributed by atoms with E-state index >= 15 is 0 Å². The first-order valence-electron chi connectivity index (χ1n) is 4.69. The molecule has 0 radical (unpaired) electrons. The minimum absolute atomic E-state index is 0.175. The second-order valence-corrected chi connectivity index (χ2v) is 3.26. The van der Waals surface area contributed by atoms with Crippen LogP contribution in [-0.2, 0) is 11.8 Å². The van der Waals surface area contributed by atoms with E-state index in [1.807, 2.05) is 6.92 Å². The van der Waals surface area contributed by atoms with Crippen molar-refractivity contribution in [1.82, 2.24) is 9.78 Å². The molecular weight excluding hydrogens is 180 g/mol. The fourth-order valence-corrected chi connectivity index (χ4v) is 1.14. The zero-order chi connectivity index (χ0) is 10.6. The number of amides is 1. The number of nitrogens with two attached hydrogens (primary N) is 1. The van der Waals surface area contributed by atoms with Crippen LogP contribution < -0.4 is 11.1 Å². The van der Waals surface area contributed by atoms with E-state index in [0.717, 1.165) is 6.42 Å². The first kappa shape index (κ1) is 10.7. The van der Waals surface area contributed by atoms with Gasteiger partial charge in [-0.25, -0.2) is 0 Å². The highest BCUT2D eigenvalue weighted by atomic mass is 16.2. The van der Waals surface area contributed by atoms with Crippen LogP contribution in [0.1, 0.15) is 19.8 Å². The van der Waals surface area contributed by atoms with Crippen molar-refractivity contribution in [1.29, 1.82) is 0 Å². The monoisotopic (exact) mass is 196 g/mol. The van der Waals surface area contributed by atoms with Gasteiger partial charge in [-0.15, -0.1) is 0 Å². The molecule has 14 heavy (non-hydrogen) atoms. The van der Waals surface area contributed by atoms with Crippen LogP contribution >= 0.6 is 0 Å². The summed E-state index contributed by atoms with van der Waals surface area (Å²) in [6.45, 7) is 1.99. The van der Waals surface area contributed by atoms with Crippen molar-refractivity contribution < 1.29 is 4.79 Å². The molecule has 0 fully saturated rings. The number of aromatic nitrogens is 2. The van der Waals surface area contributed by atoms with Crippen LogP contribution in [0.5, 0.6) is 0 Å². The van der Waals surface area contributed by atoms with Gasteiger partial charge in [0.1, 0.15) is 0 Å². The van der Waals surface area contributed by atoms with Crippen LogP contribution in [0.4, 0.5) is 5.82 Å². The van der Waals surface area contributed by atoms with Gasteiger partial charge in [-0.3, -0.25) is 9.48 Å². The Morgan fingerprint density at radius 1 is 1.79 bits per heavy atom. The SMILES string of the molecule is CCC[C@@H](N)C(=O)Nc1ccn(C)n1. The molecule has 5 nitrogen and oxygen atoms in total. The molecule has 0 aliphatic rings. The van der Waals surface area contributed by atoms with Crippen LogP contribution in [0.3, 0.4) is 0 Å². The van der Waals surface area contributed by atoms with Crippen molar-refractivity contribution >= 4 is 11.7 Å². The zero-order valence-corrected chi connectivity index (χ0v) is 8.53. The Labute approximate surface area is 83.3 Å². The molecule has 0 saturated heterocycles. The Morgan fingerprint density at radius 2 is 2.50 bits per heavy atom. The molecule has 1 atom stereocenters. The predicted octanol–water partition coefficient (Wildman–Crippen LogP) is 0.486. The molecule has 5 heteroatoms. The summed E-state index contributed by atoms with van der Waals surface area (Å²) in [5.41, 5.74) is 5.64. The van der Waals surface area contributed by atoms with Crippen LogP contribution in [0.15, 0.2) is 12.3 Å². The average Bonchev–Trinajstić information content (AvgIpc) is 2.51. The predicted molar refractivity (Wildman–Crippen MR) is 54.7 cm³/mol. The van der Waals surface area contributed by atoms with E-state index in [1.165, 1.54) is 0 Å². The molecule has 0 aliphatic carbocycles. The van der Waals surface area contributed by atoms with Gasteiger partial charge in [0.05, 0.1) is 6.04 Å². The lowest BCUT2D eigenvalue weighted by Crippen LogP contribution is -2.35. The minimum atomic E-state index is -0.443. The lowest BCUT2D eigenvalue weighted by atomic mass is 10.2. The lowest BCUT2D eigenvalue weighted by Gasteiger charge is -2.08. The number of hydrogen-bond acceptors (Lipinski definition) is 3. The zero-order valence-electron chi connectivity index (χ0n) is 8.53. The number of anilines is 1. The van der Waals surface area contributed by atoms with Gasteiger partial charge in [0.15, 0.2) is 5.82 Å². The summed E-state index contributed by atoms with van der Waals surface area (Å²) in [6, 6.07) is 1.29. The molecule has 0 unspecified atom stereocenters. The third kappa shape index (κ3) is 2.85. The molecular formula is C9H16N4O. The van der Waals surface area contributed by atoms with Gasteiger partial charge in [-0.05, 0) is 6.42 Å². The average molecular weight is 196 g/mol. The molecule has 0 aliphatic heterocycles. The second kappa shape index (κ2) is 4.76. The Kier molecular flexibility index (Phi) is 3.64. The van der Waals surface area contributed by atoms with E-state index in [9.17, 15) is 4.79 Å². The first-order chi connectivity index (χ1) is 6.63. The van der Waals surface area contributed by atoms with Gasteiger partial charge in [-0.2, -0.15) is 5.10 Å². The number of hydrogen-bond donors (Lipinski definition) is 2. The minimum Gasteiger partial charge on any atom is -0.320 e. The number of aryl methyl sites for hydroxylation is 1. The van der Waals surface area contributed by atoms with Crippen molar-refractivity contribution in [3.63, 3.8) is 0 Å². The van der Waals surface area contributed by atoms with E-state index in [1.54, 1.807) is 24.0 Å². The normalized spacial score (nSPS) is 12.5. The Hall–Kier alpha value is -1.36. The first-order valence-corrected chi connectivity index (χ1v) is 4.69. The maximum Gasteiger partial charge on any atom is 0.242 e. The van der Waals surface area contributed by atoms with Crippen molar-refractivity contribution in [3.8, 4) is 0 Å². The molecule has 78 valence electrons. The van der Waals surface area contributed by atoms with Crippen molar-refractivity contribution in [2.24, 2.45) is 12.8 Å². The molecule has 0 bridgehead atoms. The van der Waals surface area contributed by atoms with E-state index in [-0.39, 0.29) is 5.91 Å². The third-order valence-electron chi connectivity index (χ3n) is 1.90. The largest absolute Gasteiger partial charge is 0.320 e. The fourth-order valence-electron chi connectivity index (χ4n) is 1.14. The van der Waals surface area contributed by atoms with Crippen LogP contribution in [0.25, 0.3) is 0 Å². The molecule has 1 aromatic rings. The summed E-state index contributed by atoms with van der Waals surface area (Å²) >= 11 is 0. The number of nitrogens with zero attached hydrogens (tertiary/aromatic N) is 2. The number of carbonyl (C=O) groups excluding carboxylic acids is 1. The summed E-state index contributed by atoms with van der Waals surface area (Å²) < 4.78 is 1.63. The Balaban J connectivity index is 2.48. The molecule has 1 heterocycles. The molecule has 0 saturated carbocycles. The van der Waals surface area contributed by atoms with Crippen molar-refractivity contribution in [2.75, 3.05) is 5.32 Å². The van der Waals surface area contributed by atoms with Crippen LogP contribution in [0, 0.1) is 0 Å². The summed E-state index contributed by atoms with van der Waals surface area (Å²) in [6.07, 6.45) is 3.36. The molecule has 1 aromatic heterocycles. The summed E-state index contributed by atoms with van der Waals surface area (Å²) in [7, 11) is 1.79. The van der Waals surface area contributed by atoms with E-state index in [0.29, 0.717) is 12.2 Å². The lowest BCUT2D eigenvalue weighted by molar-refractivity contribution is -0.117. The maximum absolute atomic E-state index is 11.4. The van der Waals surface area contributed by atoms with Crippen molar-refractivity contribution in [3.05, 3.63) is 12.3 Å². The van der Waals surface area contributed by atoms with Gasteiger partial charge in [0.2, 0.25) is 5.91 Å². The van der Waals surface area contributed by atoms with E-state index < -0.39 is 6.04 Å². The molecule has 1 rings (SSSR count). The van der Waals surface area contributed by atoms with Gasteiger partial charge < -0.3 is 11.1 Å². The fraction of sp³-hybridized carbons (Fsp3) is 0.556. The maximum atomic E-state index is 11.4. The summed E-state index contributed by atoms with van der Waals surface area (Å²) in [5, 5.41) is 6.67. The van der Waals surface area contributed by atoms with Crippen molar-refractivity contribution in [2.45, 2.75) is 25.8 Å². The number of carbonyl (C=O) groups is 1. The highest BCUT2D eigenvalue weighted by Crippen LogP contribution is 2.03. The van der Waals surface area contributed by atoms with Gasteiger partial charge in [0.25, 0.3) is 0 Å². The van der Waals surface area contributed by atoms with Gasteiger partial charge >= 0.3 is 0 Å². The standard InChI is InChI=1S/C9H16N4O/c1-3-4-7(10)9(14)11-8-5-6-13(2)12-8/h5-7H,3-4,10H2,1-2H3,(H,11,12,14)/t7-/m1/s1. The molecule has 1 amide bonds. The molecule has 0 spiro atoms. The Morgan fingerprint density at radius 3 is 3.00 bits per heavy atom. The Bertz CT molecular complexity index is 308. The van der Waals surface area contributed by atoms with E-state index in [2.05, 4.69) is 10.4 Å². The molecule has 3 N–H and O–H groups in total. The third-order valence-corrected chi connectivity index (χ3v) is 1.90. The van der Waals surface area contributed by atoms with Gasteiger partial charge in [-0.1, -0.05) is 13.3 Å². The smallest absolute Gasteiger partial charge is 0.242 e. The summed E-state index contributed by atoms with van der Waals surface area (Å²) in [5.74, 6) is 0.370. The number of nitrogens with one attached hydrogen (secondary N) is 1.